The van der Waals surface area contributed by atoms with E-state index in [0.717, 1.165) is 5.56 Å². The van der Waals surface area contributed by atoms with E-state index in [1.807, 2.05) is 19.1 Å². The summed E-state index contributed by atoms with van der Waals surface area (Å²) in [6.07, 6.45) is 0. The molecule has 4 aromatic rings. The third-order valence-corrected chi connectivity index (χ3v) is 5.55. The van der Waals surface area contributed by atoms with Gasteiger partial charge in [0.15, 0.2) is 17.2 Å². The maximum absolute atomic E-state index is 12.9. The number of hydrogen-bond donors (Lipinski definition) is 0. The molecule has 188 valence electrons. The van der Waals surface area contributed by atoms with E-state index in [1.54, 1.807) is 54.6 Å². The molecule has 0 unspecified atom stereocenters. The van der Waals surface area contributed by atoms with Crippen LogP contribution in [0.4, 0.5) is 0 Å². The summed E-state index contributed by atoms with van der Waals surface area (Å²) < 4.78 is 22.3. The van der Waals surface area contributed by atoms with Gasteiger partial charge in [-0.15, -0.1) is 0 Å². The van der Waals surface area contributed by atoms with Crippen LogP contribution in [0.3, 0.4) is 0 Å². The van der Waals surface area contributed by atoms with Crippen molar-refractivity contribution in [2.45, 2.75) is 6.92 Å². The average Bonchev–Trinajstić information content (AvgIpc) is 3.33. The number of rotatable bonds is 7. The second-order valence-electron chi connectivity index (χ2n) is 7.93. The number of nitrogens with zero attached hydrogens (tertiary/aromatic N) is 2. The van der Waals surface area contributed by atoms with Crippen LogP contribution in [0.5, 0.6) is 11.5 Å². The zero-order chi connectivity index (χ0) is 26.5. The molecular weight excluding hydrogens is 476 g/mol. The van der Waals surface area contributed by atoms with Crippen molar-refractivity contribution in [2.75, 3.05) is 21.3 Å². The van der Waals surface area contributed by atoms with Gasteiger partial charge in [0.1, 0.15) is 11.3 Å². The molecule has 0 aliphatic rings. The Morgan fingerprint density at radius 1 is 0.757 bits per heavy atom. The third kappa shape index (κ3) is 5.06. The SMILES string of the molecule is COC(=O)c1c(-c2ccc(OC(=O)c3cccc(C)c3)c(OC)c2)nn(-c2ccccc2)c1C(=O)OC. The van der Waals surface area contributed by atoms with Crippen molar-refractivity contribution >= 4 is 17.9 Å². The van der Waals surface area contributed by atoms with Crippen LogP contribution >= 0.6 is 0 Å². The van der Waals surface area contributed by atoms with Crippen LogP contribution in [-0.2, 0) is 9.47 Å². The van der Waals surface area contributed by atoms with E-state index < -0.39 is 17.9 Å². The Balaban J connectivity index is 1.83. The number of esters is 3. The molecule has 0 amide bonds. The smallest absolute Gasteiger partial charge is 0.357 e. The molecule has 0 atom stereocenters. The van der Waals surface area contributed by atoms with E-state index in [1.165, 1.54) is 32.1 Å². The van der Waals surface area contributed by atoms with Gasteiger partial charge in [-0.25, -0.2) is 19.1 Å². The van der Waals surface area contributed by atoms with Gasteiger partial charge < -0.3 is 18.9 Å². The second kappa shape index (κ2) is 10.8. The first-order valence-electron chi connectivity index (χ1n) is 11.2. The molecule has 0 saturated heterocycles. The minimum atomic E-state index is -0.772. The van der Waals surface area contributed by atoms with Gasteiger partial charge in [-0.1, -0.05) is 35.9 Å². The van der Waals surface area contributed by atoms with Gasteiger partial charge in [0.2, 0.25) is 0 Å². The van der Waals surface area contributed by atoms with E-state index in [-0.39, 0.29) is 28.5 Å². The molecule has 0 bridgehead atoms. The fraction of sp³-hybridized carbons (Fsp3) is 0.143. The molecule has 1 heterocycles. The molecule has 0 radical (unpaired) electrons. The van der Waals surface area contributed by atoms with Crippen molar-refractivity contribution in [1.82, 2.24) is 9.78 Å². The Morgan fingerprint density at radius 3 is 2.14 bits per heavy atom. The van der Waals surface area contributed by atoms with Crippen LogP contribution in [0.15, 0.2) is 72.8 Å². The Hall–Kier alpha value is -4.92. The molecule has 4 rings (SSSR count). The second-order valence-corrected chi connectivity index (χ2v) is 7.93. The molecule has 1 aromatic heterocycles. The lowest BCUT2D eigenvalue weighted by molar-refractivity contribution is 0.0549. The van der Waals surface area contributed by atoms with Crippen molar-refractivity contribution in [3.8, 4) is 28.4 Å². The molecule has 0 N–H and O–H groups in total. The number of benzene rings is 3. The summed E-state index contributed by atoms with van der Waals surface area (Å²) in [7, 11) is 3.85. The number of para-hydroxylation sites is 1. The van der Waals surface area contributed by atoms with Crippen LogP contribution in [0.25, 0.3) is 16.9 Å². The zero-order valence-electron chi connectivity index (χ0n) is 20.7. The van der Waals surface area contributed by atoms with Crippen molar-refractivity contribution in [3.63, 3.8) is 0 Å². The number of carbonyl (C=O) groups is 3. The van der Waals surface area contributed by atoms with Crippen molar-refractivity contribution in [3.05, 3.63) is 95.2 Å². The van der Waals surface area contributed by atoms with E-state index in [4.69, 9.17) is 18.9 Å². The minimum absolute atomic E-state index is 0.0789. The lowest BCUT2D eigenvalue weighted by Crippen LogP contribution is -2.15. The normalized spacial score (nSPS) is 10.5. The highest BCUT2D eigenvalue weighted by molar-refractivity contribution is 6.07. The topological polar surface area (TPSA) is 106 Å². The number of methoxy groups -OCH3 is 3. The van der Waals surface area contributed by atoms with Gasteiger partial charge in [-0.3, -0.25) is 0 Å². The fourth-order valence-electron chi connectivity index (χ4n) is 3.79. The van der Waals surface area contributed by atoms with Gasteiger partial charge in [-0.05, 0) is 49.4 Å². The van der Waals surface area contributed by atoms with Crippen LogP contribution in [-0.4, -0.2) is 49.0 Å². The van der Waals surface area contributed by atoms with Gasteiger partial charge in [0, 0.05) is 5.56 Å². The number of carbonyl (C=O) groups excluding carboxylic acids is 3. The highest BCUT2D eigenvalue weighted by Gasteiger charge is 2.31. The van der Waals surface area contributed by atoms with E-state index in [2.05, 4.69) is 5.10 Å². The number of hydrogen-bond acceptors (Lipinski definition) is 8. The largest absolute Gasteiger partial charge is 0.493 e. The van der Waals surface area contributed by atoms with Crippen LogP contribution in [0.2, 0.25) is 0 Å². The van der Waals surface area contributed by atoms with Gasteiger partial charge in [-0.2, -0.15) is 5.10 Å². The zero-order valence-corrected chi connectivity index (χ0v) is 20.7. The van der Waals surface area contributed by atoms with Crippen LogP contribution in [0.1, 0.15) is 36.8 Å². The summed E-state index contributed by atoms with van der Waals surface area (Å²) >= 11 is 0. The Kier molecular flexibility index (Phi) is 7.34. The summed E-state index contributed by atoms with van der Waals surface area (Å²) in [4.78, 5) is 38.3. The molecular formula is C28H24N2O7. The summed E-state index contributed by atoms with van der Waals surface area (Å²) in [5.41, 5.74) is 2.26. The number of aromatic nitrogens is 2. The molecule has 9 nitrogen and oxygen atoms in total. The summed E-state index contributed by atoms with van der Waals surface area (Å²) in [6.45, 7) is 1.88. The molecule has 9 heteroatoms. The molecule has 0 fully saturated rings. The van der Waals surface area contributed by atoms with Gasteiger partial charge in [0.05, 0.1) is 32.6 Å². The first kappa shape index (κ1) is 25.2. The summed E-state index contributed by atoms with van der Waals surface area (Å²) in [5.74, 6) is -1.69. The molecule has 37 heavy (non-hydrogen) atoms. The highest BCUT2D eigenvalue weighted by Crippen LogP contribution is 2.36. The maximum Gasteiger partial charge on any atom is 0.357 e. The first-order valence-corrected chi connectivity index (χ1v) is 11.2. The lowest BCUT2D eigenvalue weighted by Gasteiger charge is -2.11. The summed E-state index contributed by atoms with van der Waals surface area (Å²) in [6, 6.07) is 20.5. The fourth-order valence-corrected chi connectivity index (χ4v) is 3.79. The molecule has 3 aromatic carbocycles. The van der Waals surface area contributed by atoms with Crippen LogP contribution < -0.4 is 9.47 Å². The highest BCUT2D eigenvalue weighted by atomic mass is 16.6. The van der Waals surface area contributed by atoms with Gasteiger partial charge in [0.25, 0.3) is 0 Å². The Morgan fingerprint density at radius 2 is 1.49 bits per heavy atom. The van der Waals surface area contributed by atoms with E-state index in [0.29, 0.717) is 16.8 Å². The Labute approximate surface area is 213 Å². The predicted octanol–water partition coefficient (Wildman–Crippen LogP) is 4.65. The van der Waals surface area contributed by atoms with E-state index >= 15 is 0 Å². The standard InChI is InChI=1S/C28H24N2O7/c1-17-9-8-10-19(15-17)26(31)37-21-14-13-18(16-22(21)34-2)24-23(27(32)35-3)25(28(33)36-4)30(29-24)20-11-6-5-7-12-20/h5-16H,1-4H3. The first-order chi connectivity index (χ1) is 17.9. The minimum Gasteiger partial charge on any atom is -0.493 e. The monoisotopic (exact) mass is 500 g/mol. The number of ether oxygens (including phenoxy) is 4. The quantitative estimate of drug-likeness (QED) is 0.267. The van der Waals surface area contributed by atoms with Crippen molar-refractivity contribution in [2.24, 2.45) is 0 Å². The van der Waals surface area contributed by atoms with Gasteiger partial charge >= 0.3 is 17.9 Å². The van der Waals surface area contributed by atoms with Crippen molar-refractivity contribution < 1.29 is 33.3 Å². The number of aryl methyl sites for hydroxylation is 1. The molecule has 0 aliphatic heterocycles. The predicted molar refractivity (Wildman–Crippen MR) is 134 cm³/mol. The Bertz CT molecular complexity index is 1480. The van der Waals surface area contributed by atoms with Crippen molar-refractivity contribution in [1.29, 1.82) is 0 Å². The lowest BCUT2D eigenvalue weighted by atomic mass is 10.0. The third-order valence-electron chi connectivity index (χ3n) is 5.55. The maximum atomic E-state index is 12.9. The van der Waals surface area contributed by atoms with E-state index in [9.17, 15) is 14.4 Å². The molecule has 0 saturated carbocycles. The van der Waals surface area contributed by atoms with Crippen LogP contribution in [0, 0.1) is 6.92 Å². The average molecular weight is 501 g/mol. The molecule has 0 aliphatic carbocycles. The molecule has 0 spiro atoms. The summed E-state index contributed by atoms with van der Waals surface area (Å²) in [5, 5.41) is 4.56.